The van der Waals surface area contributed by atoms with E-state index >= 15 is 0 Å². The van der Waals surface area contributed by atoms with Crippen LogP contribution in [0.5, 0.6) is 0 Å². The summed E-state index contributed by atoms with van der Waals surface area (Å²) in [5.74, 6) is -1.68. The number of halogens is 4. The largest absolute Gasteiger partial charge is 0.481 e. The first-order valence-electron chi connectivity index (χ1n) is 9.51. The van der Waals surface area contributed by atoms with Gasteiger partial charge < -0.3 is 5.11 Å². The maximum Gasteiger partial charge on any atom is 0.416 e. The number of carbonyl (C=O) groups is 1. The normalized spacial score (nSPS) is 12.4. The third kappa shape index (κ3) is 4.51. The molecule has 1 N–H and O–H groups in total. The first-order chi connectivity index (χ1) is 15.5. The van der Waals surface area contributed by atoms with Crippen LogP contribution in [0.1, 0.15) is 17.5 Å². The number of thiophene rings is 1. The van der Waals surface area contributed by atoms with Crippen molar-refractivity contribution >= 4 is 38.2 Å². The number of aliphatic carboxylic acids is 1. The highest BCUT2D eigenvalue weighted by Gasteiger charge is 2.31. The second-order valence-electron chi connectivity index (χ2n) is 7.21. The molecule has 4 rings (SSSR count). The van der Waals surface area contributed by atoms with Gasteiger partial charge >= 0.3 is 12.1 Å². The first kappa shape index (κ1) is 23.0. The van der Waals surface area contributed by atoms with Crippen LogP contribution in [-0.4, -0.2) is 23.5 Å². The van der Waals surface area contributed by atoms with Gasteiger partial charge in [-0.3, -0.25) is 4.79 Å². The van der Waals surface area contributed by atoms with Gasteiger partial charge in [0.05, 0.1) is 11.1 Å². The average Bonchev–Trinajstić information content (AvgIpc) is 3.38. The van der Waals surface area contributed by atoms with Gasteiger partial charge in [-0.2, -0.15) is 21.6 Å². The van der Waals surface area contributed by atoms with E-state index in [2.05, 4.69) is 0 Å². The molecule has 0 aliphatic heterocycles. The van der Waals surface area contributed by atoms with Crippen molar-refractivity contribution in [1.29, 1.82) is 0 Å². The van der Waals surface area contributed by atoms with Gasteiger partial charge in [0.2, 0.25) is 0 Å². The van der Waals surface area contributed by atoms with Gasteiger partial charge in [0.25, 0.3) is 10.0 Å². The number of aryl methyl sites for hydroxylation is 1. The Hall–Kier alpha value is -3.18. The molecular weight excluding hydrogens is 482 g/mol. The van der Waals surface area contributed by atoms with E-state index < -0.39 is 33.5 Å². The number of aromatic nitrogens is 1. The molecule has 4 aromatic rings. The van der Waals surface area contributed by atoms with Gasteiger partial charge in [-0.25, -0.2) is 8.36 Å². The van der Waals surface area contributed by atoms with E-state index in [4.69, 9.17) is 5.11 Å². The van der Waals surface area contributed by atoms with Gasteiger partial charge in [0.15, 0.2) is 0 Å². The Morgan fingerprint density at radius 1 is 1.06 bits per heavy atom. The van der Waals surface area contributed by atoms with Crippen molar-refractivity contribution in [1.82, 2.24) is 3.97 Å². The Labute approximate surface area is 189 Å². The summed E-state index contributed by atoms with van der Waals surface area (Å²) in [6.45, 7) is 0. The van der Waals surface area contributed by atoms with Crippen LogP contribution in [0, 0.1) is 5.82 Å². The highest BCUT2D eigenvalue weighted by Crippen LogP contribution is 2.37. The quantitative estimate of drug-likeness (QED) is 0.343. The molecule has 11 heteroatoms. The Bertz CT molecular complexity index is 1470. The topological polar surface area (TPSA) is 76.4 Å². The fourth-order valence-corrected chi connectivity index (χ4v) is 6.22. The molecule has 0 aliphatic rings. The van der Waals surface area contributed by atoms with Crippen LogP contribution in [0.15, 0.2) is 65.0 Å². The number of benzene rings is 2. The second kappa shape index (κ2) is 8.31. The third-order valence-electron chi connectivity index (χ3n) is 4.99. The Balaban J connectivity index is 1.77. The zero-order chi connectivity index (χ0) is 24.0. The number of hydrogen-bond donors (Lipinski definition) is 1. The standard InChI is InChI=1S/C22H15F4NO4S2/c23-16-5-6-18-17(11-16)14(4-8-20(28)29)12-27(18)33(30,31)21-9-7-19(32-21)13-2-1-3-15(10-13)22(24,25)26/h1-3,5-7,9-12H,4,8H2,(H,28,29). The van der Waals surface area contributed by atoms with Crippen LogP contribution < -0.4 is 0 Å². The molecular formula is C22H15F4NO4S2. The molecule has 0 amide bonds. The van der Waals surface area contributed by atoms with Crippen LogP contribution in [0.2, 0.25) is 0 Å². The lowest BCUT2D eigenvalue weighted by Crippen LogP contribution is -2.10. The monoisotopic (exact) mass is 497 g/mol. The molecule has 2 aromatic heterocycles. The summed E-state index contributed by atoms with van der Waals surface area (Å²) >= 11 is 0.802. The van der Waals surface area contributed by atoms with Gasteiger partial charge in [0.1, 0.15) is 10.0 Å². The lowest BCUT2D eigenvalue weighted by atomic mass is 10.1. The average molecular weight is 497 g/mol. The zero-order valence-corrected chi connectivity index (χ0v) is 18.3. The number of carboxylic acids is 1. The van der Waals surface area contributed by atoms with Crippen LogP contribution in [-0.2, 0) is 27.4 Å². The molecule has 0 radical (unpaired) electrons. The maximum atomic E-state index is 13.8. The minimum absolute atomic E-state index is 0.00225. The van der Waals surface area contributed by atoms with E-state index in [1.807, 2.05) is 0 Å². The van der Waals surface area contributed by atoms with Crippen LogP contribution in [0.25, 0.3) is 21.3 Å². The van der Waals surface area contributed by atoms with E-state index in [0.29, 0.717) is 10.4 Å². The van der Waals surface area contributed by atoms with Crippen molar-refractivity contribution in [2.45, 2.75) is 23.2 Å². The molecule has 2 aromatic carbocycles. The maximum absolute atomic E-state index is 13.8. The van der Waals surface area contributed by atoms with Crippen molar-refractivity contribution in [2.75, 3.05) is 0 Å². The fraction of sp³-hybridized carbons (Fsp3) is 0.136. The number of alkyl halides is 3. The lowest BCUT2D eigenvalue weighted by Gasteiger charge is -2.08. The van der Waals surface area contributed by atoms with Gasteiger partial charge in [-0.05, 0) is 60.0 Å². The lowest BCUT2D eigenvalue weighted by molar-refractivity contribution is -0.138. The number of carboxylic acid groups (broad SMARTS) is 1. The fourth-order valence-electron chi connectivity index (χ4n) is 3.44. The predicted octanol–water partition coefficient (Wildman–Crippen LogP) is 5.78. The van der Waals surface area contributed by atoms with E-state index in [-0.39, 0.29) is 33.5 Å². The van der Waals surface area contributed by atoms with Crippen molar-refractivity contribution in [3.8, 4) is 10.4 Å². The van der Waals surface area contributed by atoms with Crippen molar-refractivity contribution in [3.63, 3.8) is 0 Å². The van der Waals surface area contributed by atoms with Crippen molar-refractivity contribution in [3.05, 3.63) is 77.7 Å². The highest BCUT2D eigenvalue weighted by molar-refractivity contribution is 7.92. The second-order valence-corrected chi connectivity index (χ2v) is 10.3. The first-order valence-corrected chi connectivity index (χ1v) is 11.8. The number of nitrogens with zero attached hydrogens (tertiary/aromatic N) is 1. The minimum Gasteiger partial charge on any atom is -0.481 e. The van der Waals surface area contributed by atoms with Gasteiger partial charge in [-0.15, -0.1) is 11.3 Å². The zero-order valence-electron chi connectivity index (χ0n) is 16.6. The summed E-state index contributed by atoms with van der Waals surface area (Å²) in [5.41, 5.74) is -0.104. The molecule has 5 nitrogen and oxygen atoms in total. The molecule has 33 heavy (non-hydrogen) atoms. The summed E-state index contributed by atoms with van der Waals surface area (Å²) in [5, 5.41) is 9.23. The molecule has 0 saturated heterocycles. The molecule has 0 saturated carbocycles. The summed E-state index contributed by atoms with van der Waals surface area (Å²) in [6.07, 6.45) is -3.55. The predicted molar refractivity (Wildman–Crippen MR) is 115 cm³/mol. The van der Waals surface area contributed by atoms with E-state index in [9.17, 15) is 30.8 Å². The van der Waals surface area contributed by atoms with E-state index in [1.54, 1.807) is 0 Å². The molecule has 172 valence electrons. The summed E-state index contributed by atoms with van der Waals surface area (Å²) < 4.78 is 80.4. The summed E-state index contributed by atoms with van der Waals surface area (Å²) in [4.78, 5) is 11.3. The molecule has 0 atom stereocenters. The van der Waals surface area contributed by atoms with Crippen LogP contribution in [0.4, 0.5) is 17.6 Å². The molecule has 0 spiro atoms. The van der Waals surface area contributed by atoms with Crippen molar-refractivity contribution in [2.24, 2.45) is 0 Å². The Morgan fingerprint density at radius 2 is 1.82 bits per heavy atom. The number of fused-ring (bicyclic) bond motifs is 1. The molecule has 0 unspecified atom stereocenters. The minimum atomic E-state index is -4.53. The van der Waals surface area contributed by atoms with Gasteiger partial charge in [-0.1, -0.05) is 12.1 Å². The molecule has 2 heterocycles. The highest BCUT2D eigenvalue weighted by atomic mass is 32.2. The summed E-state index contributed by atoms with van der Waals surface area (Å²) in [7, 11) is -4.18. The molecule has 0 bridgehead atoms. The van der Waals surface area contributed by atoms with E-state index in [0.717, 1.165) is 39.6 Å². The van der Waals surface area contributed by atoms with Gasteiger partial charge in [0, 0.05) is 22.9 Å². The van der Waals surface area contributed by atoms with Crippen LogP contribution >= 0.6 is 11.3 Å². The molecule has 0 aliphatic carbocycles. The van der Waals surface area contributed by atoms with Crippen molar-refractivity contribution < 1.29 is 35.9 Å². The third-order valence-corrected chi connectivity index (χ3v) is 8.27. The molecule has 0 fully saturated rings. The van der Waals surface area contributed by atoms with E-state index in [1.165, 1.54) is 36.5 Å². The smallest absolute Gasteiger partial charge is 0.416 e. The van der Waals surface area contributed by atoms with Crippen LogP contribution in [0.3, 0.4) is 0 Å². The Kier molecular flexibility index (Phi) is 5.79. The SMILES string of the molecule is O=C(O)CCc1cn(S(=O)(=O)c2ccc(-c3cccc(C(F)(F)F)c3)s2)c2ccc(F)cc12. The summed E-state index contributed by atoms with van der Waals surface area (Å²) in [6, 6.07) is 10.8. The Morgan fingerprint density at radius 3 is 2.52 bits per heavy atom. The number of hydrogen-bond acceptors (Lipinski definition) is 4. The number of rotatable bonds is 6.